The van der Waals surface area contributed by atoms with Gasteiger partial charge in [0.15, 0.2) is 0 Å². The summed E-state index contributed by atoms with van der Waals surface area (Å²) in [6.45, 7) is 11.2. The van der Waals surface area contributed by atoms with Crippen LogP contribution in [0, 0.1) is 19.8 Å². The predicted octanol–water partition coefficient (Wildman–Crippen LogP) is 3.03. The van der Waals surface area contributed by atoms with Crippen molar-refractivity contribution in [1.29, 1.82) is 0 Å². The van der Waals surface area contributed by atoms with Crippen molar-refractivity contribution in [2.75, 3.05) is 39.4 Å². The van der Waals surface area contributed by atoms with Crippen molar-refractivity contribution >= 4 is 17.0 Å². The molecule has 1 saturated heterocycles. The zero-order valence-electron chi connectivity index (χ0n) is 23.5. The van der Waals surface area contributed by atoms with Crippen molar-refractivity contribution in [1.82, 2.24) is 29.3 Å². The summed E-state index contributed by atoms with van der Waals surface area (Å²) in [7, 11) is 0. The molecule has 9 heteroatoms. The Hall–Kier alpha value is -3.27. The van der Waals surface area contributed by atoms with E-state index < -0.39 is 0 Å². The van der Waals surface area contributed by atoms with Crippen LogP contribution in [0.3, 0.4) is 0 Å². The van der Waals surface area contributed by atoms with Gasteiger partial charge in [-0.05, 0) is 69.2 Å². The van der Waals surface area contributed by atoms with Gasteiger partial charge in [-0.2, -0.15) is 5.10 Å². The lowest BCUT2D eigenvalue weighted by molar-refractivity contribution is -0.122. The summed E-state index contributed by atoms with van der Waals surface area (Å²) in [5, 5.41) is 23.7. The van der Waals surface area contributed by atoms with Crippen molar-refractivity contribution < 1.29 is 15.0 Å². The van der Waals surface area contributed by atoms with E-state index in [2.05, 4.69) is 40.8 Å². The van der Waals surface area contributed by atoms with Crippen LogP contribution in [-0.2, 0) is 4.79 Å². The van der Waals surface area contributed by atoms with Gasteiger partial charge in [-0.1, -0.05) is 13.0 Å². The van der Waals surface area contributed by atoms with Gasteiger partial charge in [-0.3, -0.25) is 19.6 Å². The van der Waals surface area contributed by atoms with E-state index >= 15 is 0 Å². The van der Waals surface area contributed by atoms with Crippen molar-refractivity contribution in [3.05, 3.63) is 70.7 Å². The highest BCUT2D eigenvalue weighted by atomic mass is 16.3. The number of likely N-dealkylation sites (tertiary alicyclic amines) is 1. The van der Waals surface area contributed by atoms with Crippen LogP contribution in [0.15, 0.2) is 53.7 Å². The molecule has 9 nitrogen and oxygen atoms in total. The Kier molecular flexibility index (Phi) is 8.02. The molecule has 0 spiro atoms. The molecule has 0 aliphatic carbocycles. The molecule has 208 valence electrons. The van der Waals surface area contributed by atoms with E-state index in [1.54, 1.807) is 11.0 Å². The molecule has 1 atom stereocenters. The monoisotopic (exact) mass is 532 g/mol. The zero-order valence-corrected chi connectivity index (χ0v) is 23.5. The lowest BCUT2D eigenvalue weighted by Crippen LogP contribution is -2.46. The lowest BCUT2D eigenvalue weighted by Gasteiger charge is -2.41. The molecule has 0 radical (unpaired) electrons. The molecule has 1 unspecified atom stereocenters. The number of aliphatic hydroxyl groups is 2. The topological polar surface area (TPSA) is 97.4 Å². The van der Waals surface area contributed by atoms with E-state index in [4.69, 9.17) is 5.10 Å². The fraction of sp³-hybridized carbons (Fsp3) is 0.500. The van der Waals surface area contributed by atoms with Crippen LogP contribution in [0.5, 0.6) is 0 Å². The average Bonchev–Trinajstić information content (AvgIpc) is 3.33. The fourth-order valence-electron chi connectivity index (χ4n) is 6.08. The molecule has 1 fully saturated rings. The average molecular weight is 533 g/mol. The van der Waals surface area contributed by atoms with E-state index in [1.807, 2.05) is 36.8 Å². The van der Waals surface area contributed by atoms with Crippen LogP contribution in [0.4, 0.5) is 0 Å². The van der Waals surface area contributed by atoms with E-state index in [1.165, 1.54) is 0 Å². The summed E-state index contributed by atoms with van der Waals surface area (Å²) in [6, 6.07) is 2.38. The maximum atomic E-state index is 13.7. The number of aliphatic hydroxyl groups excluding tert-OH is 2. The second-order valence-electron chi connectivity index (χ2n) is 10.9. The van der Waals surface area contributed by atoms with Gasteiger partial charge >= 0.3 is 0 Å². The van der Waals surface area contributed by atoms with Gasteiger partial charge < -0.3 is 15.1 Å². The molecule has 0 saturated carbocycles. The maximum Gasteiger partial charge on any atom is 0.255 e. The molecule has 5 rings (SSSR count). The number of piperidine rings is 1. The molecule has 1 amide bonds. The fourth-order valence-corrected chi connectivity index (χ4v) is 6.08. The van der Waals surface area contributed by atoms with Gasteiger partial charge in [-0.15, -0.1) is 0 Å². The summed E-state index contributed by atoms with van der Waals surface area (Å²) in [5.74, 6) is 0.0728. The van der Waals surface area contributed by atoms with Gasteiger partial charge in [0.05, 0.1) is 47.7 Å². The minimum atomic E-state index is -0.0669. The van der Waals surface area contributed by atoms with Crippen molar-refractivity contribution in [2.24, 2.45) is 5.92 Å². The number of nitrogens with zero attached hydrogens (tertiary/aromatic N) is 6. The molecule has 2 N–H and O–H groups in total. The highest BCUT2D eigenvalue weighted by Crippen LogP contribution is 2.34. The van der Waals surface area contributed by atoms with Crippen molar-refractivity contribution in [2.45, 2.75) is 53.0 Å². The minimum absolute atomic E-state index is 0.0669. The highest BCUT2D eigenvalue weighted by Gasteiger charge is 2.30. The van der Waals surface area contributed by atoms with Crippen LogP contribution in [0.1, 0.15) is 50.2 Å². The molecule has 3 aliphatic rings. The second kappa shape index (κ2) is 11.5. The van der Waals surface area contributed by atoms with Gasteiger partial charge in [0.2, 0.25) is 0 Å². The van der Waals surface area contributed by atoms with Crippen molar-refractivity contribution in [3.8, 4) is 0 Å². The first-order chi connectivity index (χ1) is 18.8. The van der Waals surface area contributed by atoms with Crippen LogP contribution in [0.2, 0.25) is 0 Å². The first-order valence-electron chi connectivity index (χ1n) is 14.0. The molecule has 5 heterocycles. The Labute approximate surface area is 230 Å². The summed E-state index contributed by atoms with van der Waals surface area (Å²) in [4.78, 5) is 24.6. The Morgan fingerprint density at radius 1 is 1.08 bits per heavy atom. The third-order valence-corrected chi connectivity index (χ3v) is 8.18. The number of hydrogen-bond donors (Lipinski definition) is 2. The third-order valence-electron chi connectivity index (χ3n) is 8.18. The van der Waals surface area contributed by atoms with E-state index in [-0.39, 0.29) is 25.0 Å². The molecular weight excluding hydrogens is 492 g/mol. The molecule has 39 heavy (non-hydrogen) atoms. The number of amides is 1. The molecule has 2 aromatic rings. The van der Waals surface area contributed by atoms with E-state index in [9.17, 15) is 15.0 Å². The summed E-state index contributed by atoms with van der Waals surface area (Å²) >= 11 is 0. The first-order valence-corrected chi connectivity index (χ1v) is 14.0. The molecule has 3 aliphatic heterocycles. The molecule has 2 aromatic heterocycles. The Bertz CT molecular complexity index is 1360. The molecule has 0 aromatic carbocycles. The van der Waals surface area contributed by atoms with Gasteiger partial charge in [-0.25, -0.2) is 4.52 Å². The number of fused-ring (bicyclic) bond motifs is 2. The van der Waals surface area contributed by atoms with Crippen molar-refractivity contribution in [3.63, 3.8) is 0 Å². The summed E-state index contributed by atoms with van der Waals surface area (Å²) in [6.07, 6.45) is 12.7. The smallest absolute Gasteiger partial charge is 0.255 e. The number of carbonyl (C=O) groups is 1. The Balaban J connectivity index is 1.39. The SMILES string of the molecule is CC1=CC(N2CCC(N(CCO)CCO)CC2)=CN2C(=O)C=C(c3cc4c(C)nc(C)cn4n3)C(C)CC=C12. The summed E-state index contributed by atoms with van der Waals surface area (Å²) < 4.78 is 1.86. The lowest BCUT2D eigenvalue weighted by atomic mass is 9.91. The second-order valence-corrected chi connectivity index (χ2v) is 10.9. The maximum absolute atomic E-state index is 13.7. The van der Waals surface area contributed by atoms with Crippen LogP contribution in [-0.4, -0.2) is 90.9 Å². The van der Waals surface area contributed by atoms with Gasteiger partial charge in [0.25, 0.3) is 5.91 Å². The standard InChI is InChI=1S/C30H40N6O3/c1-20-5-6-28-21(2)15-25(33-9-7-24(8-10-33)34(11-13-37)12-14-38)19-35(28)30(39)16-26(20)27-17-29-23(4)31-22(3)18-36(29)32-27/h6,15-20,24,37-38H,5,7-14H2,1-4H3. The summed E-state index contributed by atoms with van der Waals surface area (Å²) in [5.41, 5.74) is 7.60. The normalized spacial score (nSPS) is 20.9. The predicted molar refractivity (Wildman–Crippen MR) is 151 cm³/mol. The van der Waals surface area contributed by atoms with E-state index in [0.717, 1.165) is 77.5 Å². The third kappa shape index (κ3) is 5.57. The Morgan fingerprint density at radius 3 is 2.49 bits per heavy atom. The van der Waals surface area contributed by atoms with Crippen LogP contribution < -0.4 is 0 Å². The largest absolute Gasteiger partial charge is 0.395 e. The Morgan fingerprint density at radius 2 is 1.79 bits per heavy atom. The highest BCUT2D eigenvalue weighted by molar-refractivity contribution is 5.98. The van der Waals surface area contributed by atoms with Crippen LogP contribution >= 0.6 is 0 Å². The number of aryl methyl sites for hydroxylation is 2. The quantitative estimate of drug-likeness (QED) is 0.566. The number of aromatic nitrogens is 3. The zero-order chi connectivity index (χ0) is 27.7. The number of allylic oxidation sites excluding steroid dienone is 4. The number of rotatable bonds is 7. The molecular formula is C30H40N6O3. The van der Waals surface area contributed by atoms with E-state index in [0.29, 0.717) is 19.1 Å². The number of hydrogen-bond acceptors (Lipinski definition) is 7. The molecule has 0 bridgehead atoms. The first kappa shape index (κ1) is 27.3. The number of carbonyl (C=O) groups excluding carboxylic acids is 1. The minimum Gasteiger partial charge on any atom is -0.395 e. The van der Waals surface area contributed by atoms with Gasteiger partial charge in [0.1, 0.15) is 0 Å². The van der Waals surface area contributed by atoms with Crippen LogP contribution in [0.25, 0.3) is 11.1 Å². The van der Waals surface area contributed by atoms with Gasteiger partial charge in [0, 0.05) is 50.2 Å².